The van der Waals surface area contributed by atoms with Gasteiger partial charge < -0.3 is 25.7 Å². The Balaban J connectivity index is 1.60. The second-order valence-electron chi connectivity index (χ2n) is 6.53. The van der Waals surface area contributed by atoms with Crippen LogP contribution in [0.2, 0.25) is 0 Å². The predicted molar refractivity (Wildman–Crippen MR) is 106 cm³/mol. The number of amides is 2. The molecule has 0 radical (unpaired) electrons. The fourth-order valence-electron chi connectivity index (χ4n) is 3.29. The van der Waals surface area contributed by atoms with Crippen LogP contribution in [0, 0.1) is 0 Å². The Labute approximate surface area is 183 Å². The number of carboxylic acids is 1. The van der Waals surface area contributed by atoms with Gasteiger partial charge in [-0.25, -0.2) is 14.6 Å². The number of nitrogens with one attached hydrogen (secondary N) is 1. The van der Waals surface area contributed by atoms with Gasteiger partial charge in [0.25, 0.3) is 11.8 Å². The van der Waals surface area contributed by atoms with Crippen LogP contribution >= 0.6 is 11.3 Å². The summed E-state index contributed by atoms with van der Waals surface area (Å²) in [7, 11) is 1.22. The Kier molecular flexibility index (Phi) is 5.23. The number of aliphatic carboxylic acids is 1. The summed E-state index contributed by atoms with van der Waals surface area (Å²) in [5.74, 6) is -4.35. The molecular formula is C18H15N5O8S. The van der Waals surface area contributed by atoms with Crippen molar-refractivity contribution in [2.45, 2.75) is 11.8 Å². The maximum absolute atomic E-state index is 13.0. The fourth-order valence-corrected chi connectivity index (χ4v) is 3.84. The molecule has 0 aliphatic carbocycles. The molecule has 32 heavy (non-hydrogen) atoms. The lowest BCUT2D eigenvalue weighted by Crippen LogP contribution is -2.55. The minimum Gasteiger partial charge on any atom is -0.476 e. The SMILES string of the molecule is CON=C(C(=O)N[C@H]1CON(C2(C(=O)O)OC(=O)c3ccccc32)C1=O)c1csc(N)n1. The Morgan fingerprint density at radius 2 is 2.16 bits per heavy atom. The van der Waals surface area contributed by atoms with Gasteiger partial charge in [0, 0.05) is 10.9 Å². The zero-order valence-corrected chi connectivity index (χ0v) is 17.1. The highest BCUT2D eigenvalue weighted by Gasteiger charge is 2.62. The first kappa shape index (κ1) is 21.2. The van der Waals surface area contributed by atoms with Gasteiger partial charge in [-0.05, 0) is 6.07 Å². The van der Waals surface area contributed by atoms with Crippen LogP contribution in [0.1, 0.15) is 21.6 Å². The summed E-state index contributed by atoms with van der Waals surface area (Å²) in [5, 5.41) is 18.0. The van der Waals surface area contributed by atoms with Crippen molar-refractivity contribution in [2.24, 2.45) is 5.16 Å². The lowest BCUT2D eigenvalue weighted by atomic mass is 9.99. The molecule has 1 aromatic carbocycles. The van der Waals surface area contributed by atoms with Crippen LogP contribution in [-0.4, -0.2) is 64.4 Å². The second-order valence-corrected chi connectivity index (χ2v) is 7.42. The normalized spacial score (nSPS) is 22.5. The van der Waals surface area contributed by atoms with Gasteiger partial charge in [0.15, 0.2) is 10.8 Å². The number of benzene rings is 1. The van der Waals surface area contributed by atoms with Crippen LogP contribution in [0.5, 0.6) is 0 Å². The number of hydrogen-bond acceptors (Lipinski definition) is 11. The third-order valence-electron chi connectivity index (χ3n) is 4.66. The number of cyclic esters (lactones) is 1. The lowest BCUT2D eigenvalue weighted by molar-refractivity contribution is -0.258. The minimum atomic E-state index is -2.53. The molecule has 4 N–H and O–H groups in total. The van der Waals surface area contributed by atoms with Crippen LogP contribution in [0.25, 0.3) is 0 Å². The van der Waals surface area contributed by atoms with Gasteiger partial charge in [-0.15, -0.1) is 11.3 Å². The van der Waals surface area contributed by atoms with Crippen LogP contribution in [-0.2, 0) is 34.5 Å². The van der Waals surface area contributed by atoms with Crippen LogP contribution in [0.3, 0.4) is 0 Å². The average Bonchev–Trinajstić information content (AvgIpc) is 3.43. The maximum atomic E-state index is 13.0. The van der Waals surface area contributed by atoms with Gasteiger partial charge in [0.05, 0.1) is 5.56 Å². The number of nitrogens with two attached hydrogens (primary N) is 1. The van der Waals surface area contributed by atoms with Gasteiger partial charge in [-0.1, -0.05) is 23.4 Å². The second kappa shape index (κ2) is 7.90. The zero-order valence-electron chi connectivity index (χ0n) is 16.3. The topological polar surface area (TPSA) is 183 Å². The van der Waals surface area contributed by atoms with Crippen molar-refractivity contribution in [3.8, 4) is 0 Å². The minimum absolute atomic E-state index is 0.0191. The highest BCUT2D eigenvalue weighted by Crippen LogP contribution is 2.41. The molecule has 1 aromatic heterocycles. The molecule has 1 fully saturated rings. The van der Waals surface area contributed by atoms with Crippen molar-refractivity contribution in [3.05, 3.63) is 46.5 Å². The summed E-state index contributed by atoms with van der Waals surface area (Å²) in [6.45, 7) is -0.418. The number of fused-ring (bicyclic) bond motifs is 1. The van der Waals surface area contributed by atoms with Gasteiger partial charge in [-0.3, -0.25) is 14.4 Å². The van der Waals surface area contributed by atoms with Gasteiger partial charge in [0.2, 0.25) is 0 Å². The number of nitrogen functional groups attached to an aromatic ring is 1. The quantitative estimate of drug-likeness (QED) is 0.286. The lowest BCUT2D eigenvalue weighted by Gasteiger charge is -2.31. The van der Waals surface area contributed by atoms with Crippen molar-refractivity contribution in [3.63, 3.8) is 0 Å². The highest BCUT2D eigenvalue weighted by atomic mass is 32.1. The van der Waals surface area contributed by atoms with Crippen molar-refractivity contribution in [1.29, 1.82) is 0 Å². The van der Waals surface area contributed by atoms with Gasteiger partial charge in [-0.2, -0.15) is 5.06 Å². The summed E-state index contributed by atoms with van der Waals surface area (Å²) < 4.78 is 5.11. The molecule has 2 aromatic rings. The monoisotopic (exact) mass is 461 g/mol. The van der Waals surface area contributed by atoms with E-state index in [0.29, 0.717) is 5.06 Å². The molecule has 0 bridgehead atoms. The number of hydroxylamine groups is 2. The largest absolute Gasteiger partial charge is 0.476 e. The molecule has 13 nitrogen and oxygen atoms in total. The number of esters is 1. The number of carbonyl (C=O) groups excluding carboxylic acids is 3. The number of oxime groups is 1. The Morgan fingerprint density at radius 1 is 1.41 bits per heavy atom. The van der Waals surface area contributed by atoms with Gasteiger partial charge >= 0.3 is 17.7 Å². The Morgan fingerprint density at radius 3 is 2.81 bits per heavy atom. The number of thiazole rings is 1. The standard InChI is InChI=1S/C18H15N5O8S/c1-29-22-12(11-7-32-17(19)21-11)13(24)20-10-6-30-23(14(10)25)18(16(27)28)9-5-3-2-4-8(9)15(26)31-18/h2-5,7,10H,6H2,1H3,(H2,19,21)(H,20,24)(H,27,28)/t10-,18?/m0/s1. The molecule has 0 spiro atoms. The van der Waals surface area contributed by atoms with Crippen molar-refractivity contribution in [1.82, 2.24) is 15.4 Å². The first-order valence-electron chi connectivity index (χ1n) is 8.96. The number of anilines is 1. The molecule has 2 aliphatic heterocycles. The fraction of sp³-hybridized carbons (Fsp3) is 0.222. The molecule has 166 valence electrons. The third kappa shape index (κ3) is 3.21. The number of aromatic nitrogens is 1. The molecule has 3 heterocycles. The number of carbonyl (C=O) groups is 4. The molecule has 4 rings (SSSR count). The zero-order chi connectivity index (χ0) is 23.0. The van der Waals surface area contributed by atoms with E-state index in [1.807, 2.05) is 0 Å². The first-order valence-corrected chi connectivity index (χ1v) is 9.84. The molecular weight excluding hydrogens is 446 g/mol. The summed E-state index contributed by atoms with van der Waals surface area (Å²) in [6.07, 6.45) is 0. The van der Waals surface area contributed by atoms with Crippen LogP contribution < -0.4 is 11.1 Å². The summed E-state index contributed by atoms with van der Waals surface area (Å²) in [4.78, 5) is 64.0. The molecule has 2 atom stereocenters. The molecule has 14 heteroatoms. The number of ether oxygens (including phenoxy) is 1. The van der Waals surface area contributed by atoms with E-state index in [-0.39, 0.29) is 27.7 Å². The van der Waals surface area contributed by atoms with E-state index in [4.69, 9.17) is 15.3 Å². The average molecular weight is 461 g/mol. The van der Waals surface area contributed by atoms with Crippen LogP contribution in [0.15, 0.2) is 34.8 Å². The maximum Gasteiger partial charge on any atom is 0.377 e. The smallest absolute Gasteiger partial charge is 0.377 e. The van der Waals surface area contributed by atoms with E-state index in [1.54, 1.807) is 0 Å². The molecule has 0 saturated carbocycles. The van der Waals surface area contributed by atoms with Crippen LogP contribution in [0.4, 0.5) is 5.13 Å². The predicted octanol–water partition coefficient (Wildman–Crippen LogP) is -0.558. The third-order valence-corrected chi connectivity index (χ3v) is 5.34. The van der Waals surface area contributed by atoms with E-state index in [9.17, 15) is 24.3 Å². The molecule has 1 unspecified atom stereocenters. The van der Waals surface area contributed by atoms with E-state index in [0.717, 1.165) is 11.3 Å². The summed E-state index contributed by atoms with van der Waals surface area (Å²) in [5.41, 5.74) is 2.83. The molecule has 2 amide bonds. The first-order chi connectivity index (χ1) is 15.3. The highest BCUT2D eigenvalue weighted by molar-refractivity contribution is 7.13. The number of carboxylic acid groups (broad SMARTS) is 1. The van der Waals surface area contributed by atoms with E-state index >= 15 is 0 Å². The molecule has 1 saturated heterocycles. The van der Waals surface area contributed by atoms with Gasteiger partial charge in [0.1, 0.15) is 25.5 Å². The van der Waals surface area contributed by atoms with E-state index < -0.39 is 42.1 Å². The number of hydrogen-bond donors (Lipinski definition) is 3. The number of nitrogens with zero attached hydrogens (tertiary/aromatic N) is 3. The van der Waals surface area contributed by atoms with E-state index in [1.165, 1.54) is 36.8 Å². The molecule has 2 aliphatic rings. The Bertz CT molecular complexity index is 1160. The van der Waals surface area contributed by atoms with E-state index in [2.05, 4.69) is 20.3 Å². The number of rotatable bonds is 6. The summed E-state index contributed by atoms with van der Waals surface area (Å²) >= 11 is 1.07. The summed E-state index contributed by atoms with van der Waals surface area (Å²) in [6, 6.07) is 4.42. The Hall–Kier alpha value is -4.04. The van der Waals surface area contributed by atoms with Crippen molar-refractivity contribution < 1.29 is 38.7 Å². The van der Waals surface area contributed by atoms with Crippen molar-refractivity contribution >= 4 is 45.9 Å². The van der Waals surface area contributed by atoms with Crippen molar-refractivity contribution in [2.75, 3.05) is 19.5 Å².